The lowest BCUT2D eigenvalue weighted by Gasteiger charge is -2.05. The second-order valence-electron chi connectivity index (χ2n) is 3.67. The van der Waals surface area contributed by atoms with Crippen molar-refractivity contribution >= 4 is 0 Å². The van der Waals surface area contributed by atoms with Crippen molar-refractivity contribution in [2.75, 3.05) is 19.7 Å². The average Bonchev–Trinajstić information content (AvgIpc) is 2.28. The molecule has 0 saturated heterocycles. The lowest BCUT2D eigenvalue weighted by molar-refractivity contribution is 0.284. The second kappa shape index (κ2) is 7.30. The Labute approximate surface area is 94.3 Å². The van der Waals surface area contributed by atoms with E-state index in [1.165, 1.54) is 6.07 Å². The van der Waals surface area contributed by atoms with Crippen LogP contribution in [0.3, 0.4) is 0 Å². The maximum absolute atomic E-state index is 13.2. The molecule has 90 valence electrons. The largest absolute Gasteiger partial charge is 0.396 e. The molecule has 0 fully saturated rings. The first-order valence-corrected chi connectivity index (χ1v) is 5.49. The van der Waals surface area contributed by atoms with Gasteiger partial charge in [-0.25, -0.2) is 8.78 Å². The number of nitrogens with one attached hydrogen (secondary N) is 1. The van der Waals surface area contributed by atoms with Crippen molar-refractivity contribution in [3.8, 4) is 0 Å². The van der Waals surface area contributed by atoms with E-state index in [9.17, 15) is 8.78 Å². The van der Waals surface area contributed by atoms with Gasteiger partial charge in [0.1, 0.15) is 11.6 Å². The van der Waals surface area contributed by atoms with E-state index in [0.717, 1.165) is 31.5 Å². The molecule has 0 bridgehead atoms. The highest BCUT2D eigenvalue weighted by atomic mass is 19.1. The molecule has 0 saturated carbocycles. The van der Waals surface area contributed by atoms with Crippen molar-refractivity contribution in [1.82, 2.24) is 5.32 Å². The molecule has 0 spiro atoms. The number of halogens is 2. The Morgan fingerprint density at radius 2 is 1.94 bits per heavy atom. The molecule has 0 amide bonds. The normalized spacial score (nSPS) is 10.7. The van der Waals surface area contributed by atoms with E-state index in [2.05, 4.69) is 5.32 Å². The van der Waals surface area contributed by atoms with Crippen LogP contribution in [0.5, 0.6) is 0 Å². The van der Waals surface area contributed by atoms with E-state index in [-0.39, 0.29) is 12.4 Å². The summed E-state index contributed by atoms with van der Waals surface area (Å²) >= 11 is 0. The highest BCUT2D eigenvalue weighted by molar-refractivity contribution is 5.18. The minimum atomic E-state index is -0.406. The van der Waals surface area contributed by atoms with E-state index in [1.54, 1.807) is 0 Å². The summed E-state index contributed by atoms with van der Waals surface area (Å²) in [6, 6.07) is 3.49. The van der Waals surface area contributed by atoms with Gasteiger partial charge in [-0.15, -0.1) is 0 Å². The van der Waals surface area contributed by atoms with Crippen molar-refractivity contribution < 1.29 is 13.9 Å². The molecular formula is C12H17F2NO. The van der Waals surface area contributed by atoms with Crippen LogP contribution in [0.15, 0.2) is 18.2 Å². The zero-order valence-corrected chi connectivity index (χ0v) is 9.18. The molecule has 0 aliphatic rings. The highest BCUT2D eigenvalue weighted by Crippen LogP contribution is 2.09. The molecule has 16 heavy (non-hydrogen) atoms. The first kappa shape index (κ1) is 13.1. The van der Waals surface area contributed by atoms with Gasteiger partial charge in [-0.2, -0.15) is 0 Å². The van der Waals surface area contributed by atoms with Crippen molar-refractivity contribution in [1.29, 1.82) is 0 Å². The van der Waals surface area contributed by atoms with E-state index in [1.807, 2.05) is 0 Å². The van der Waals surface area contributed by atoms with E-state index in [0.29, 0.717) is 18.5 Å². The lowest BCUT2D eigenvalue weighted by Crippen LogP contribution is -2.19. The van der Waals surface area contributed by atoms with E-state index >= 15 is 0 Å². The van der Waals surface area contributed by atoms with Gasteiger partial charge in [0.05, 0.1) is 0 Å². The summed E-state index contributed by atoms with van der Waals surface area (Å²) in [6.45, 7) is 1.60. The Hall–Kier alpha value is -1.00. The summed E-state index contributed by atoms with van der Waals surface area (Å²) in [4.78, 5) is 0. The number of aliphatic hydroxyl groups excluding tert-OH is 1. The summed E-state index contributed by atoms with van der Waals surface area (Å²) in [6.07, 6.45) is 2.13. The monoisotopic (exact) mass is 229 g/mol. The van der Waals surface area contributed by atoms with Crippen molar-refractivity contribution in [2.45, 2.75) is 19.3 Å². The van der Waals surface area contributed by atoms with Crippen molar-refractivity contribution in [2.24, 2.45) is 0 Å². The lowest BCUT2D eigenvalue weighted by atomic mass is 10.1. The van der Waals surface area contributed by atoms with Crippen LogP contribution >= 0.6 is 0 Å². The summed E-state index contributed by atoms with van der Waals surface area (Å²) in [5.74, 6) is -0.768. The average molecular weight is 229 g/mol. The quantitative estimate of drug-likeness (QED) is 0.700. The van der Waals surface area contributed by atoms with Gasteiger partial charge in [-0.05, 0) is 56.1 Å². The summed E-state index contributed by atoms with van der Waals surface area (Å²) < 4.78 is 26.0. The second-order valence-corrected chi connectivity index (χ2v) is 3.67. The Bertz CT molecular complexity index is 318. The first-order chi connectivity index (χ1) is 7.74. The fraction of sp³-hybridized carbons (Fsp3) is 0.500. The first-order valence-electron chi connectivity index (χ1n) is 5.49. The Balaban J connectivity index is 2.23. The maximum atomic E-state index is 13.2. The number of unbranched alkanes of at least 4 members (excludes halogenated alkanes) is 1. The number of hydrogen-bond donors (Lipinski definition) is 2. The molecule has 0 aromatic heterocycles. The zero-order valence-electron chi connectivity index (χ0n) is 9.18. The Morgan fingerprint density at radius 1 is 1.12 bits per heavy atom. The number of benzene rings is 1. The topological polar surface area (TPSA) is 32.3 Å². The molecule has 0 aliphatic heterocycles. The molecule has 1 aromatic carbocycles. The van der Waals surface area contributed by atoms with Crippen LogP contribution in [0.4, 0.5) is 8.78 Å². The van der Waals surface area contributed by atoms with Crippen LogP contribution in [-0.4, -0.2) is 24.8 Å². The third kappa shape index (κ3) is 4.68. The van der Waals surface area contributed by atoms with Crippen LogP contribution in [0.25, 0.3) is 0 Å². The molecular weight excluding hydrogens is 212 g/mol. The predicted molar refractivity (Wildman–Crippen MR) is 59.3 cm³/mol. The molecule has 2 N–H and O–H groups in total. The van der Waals surface area contributed by atoms with Crippen LogP contribution < -0.4 is 5.32 Å². The molecule has 2 nitrogen and oxygen atoms in total. The fourth-order valence-corrected chi connectivity index (χ4v) is 1.44. The molecule has 1 rings (SSSR count). The fourth-order valence-electron chi connectivity index (χ4n) is 1.44. The van der Waals surface area contributed by atoms with Crippen LogP contribution in [0.2, 0.25) is 0 Å². The minimum absolute atomic E-state index is 0.195. The predicted octanol–water partition coefficient (Wildman–Crippen LogP) is 1.87. The highest BCUT2D eigenvalue weighted by Gasteiger charge is 2.02. The van der Waals surface area contributed by atoms with Gasteiger partial charge < -0.3 is 10.4 Å². The summed E-state index contributed by atoms with van der Waals surface area (Å²) in [7, 11) is 0. The SMILES string of the molecule is OCCCCNCCc1cc(F)ccc1F. The minimum Gasteiger partial charge on any atom is -0.396 e. The number of hydrogen-bond acceptors (Lipinski definition) is 2. The van der Waals surface area contributed by atoms with E-state index < -0.39 is 5.82 Å². The molecule has 4 heteroatoms. The van der Waals surface area contributed by atoms with Gasteiger partial charge in [-0.3, -0.25) is 0 Å². The maximum Gasteiger partial charge on any atom is 0.126 e. The molecule has 0 radical (unpaired) electrons. The molecule has 0 unspecified atom stereocenters. The molecule has 0 atom stereocenters. The molecule has 0 aliphatic carbocycles. The van der Waals surface area contributed by atoms with E-state index in [4.69, 9.17) is 5.11 Å². The van der Waals surface area contributed by atoms with Crippen LogP contribution in [0, 0.1) is 11.6 Å². The summed E-state index contributed by atoms with van der Waals surface area (Å²) in [5, 5.41) is 11.7. The van der Waals surface area contributed by atoms with Crippen molar-refractivity contribution in [3.63, 3.8) is 0 Å². The van der Waals surface area contributed by atoms with Gasteiger partial charge in [-0.1, -0.05) is 0 Å². The smallest absolute Gasteiger partial charge is 0.126 e. The standard InChI is InChI=1S/C12H17F2NO/c13-11-3-4-12(14)10(9-11)5-7-15-6-1-2-8-16/h3-4,9,15-16H,1-2,5-8H2. The van der Waals surface area contributed by atoms with Crippen molar-refractivity contribution in [3.05, 3.63) is 35.4 Å². The third-order valence-corrected chi connectivity index (χ3v) is 2.34. The van der Waals surface area contributed by atoms with Gasteiger partial charge in [0, 0.05) is 6.61 Å². The zero-order chi connectivity index (χ0) is 11.8. The third-order valence-electron chi connectivity index (χ3n) is 2.34. The van der Waals surface area contributed by atoms with Gasteiger partial charge >= 0.3 is 0 Å². The Morgan fingerprint density at radius 3 is 2.69 bits per heavy atom. The molecule has 0 heterocycles. The number of rotatable bonds is 7. The van der Waals surface area contributed by atoms with Crippen LogP contribution in [0.1, 0.15) is 18.4 Å². The van der Waals surface area contributed by atoms with Gasteiger partial charge in [0.15, 0.2) is 0 Å². The molecule has 1 aromatic rings. The Kier molecular flexibility index (Phi) is 5.96. The van der Waals surface area contributed by atoms with Gasteiger partial charge in [0.25, 0.3) is 0 Å². The van der Waals surface area contributed by atoms with Crippen LogP contribution in [-0.2, 0) is 6.42 Å². The summed E-state index contributed by atoms with van der Waals surface area (Å²) in [5.41, 5.74) is 0.398. The number of aliphatic hydroxyl groups is 1. The van der Waals surface area contributed by atoms with Gasteiger partial charge in [0.2, 0.25) is 0 Å².